The topological polar surface area (TPSA) is 35.5 Å². The maximum atomic E-state index is 10.1. The number of piperidine rings is 2. The number of nitrogens with zero attached hydrogens (tertiary/aromatic N) is 1. The quantitative estimate of drug-likeness (QED) is 0.789. The number of likely N-dealkylation sites (tertiary alicyclic amines) is 1. The summed E-state index contributed by atoms with van der Waals surface area (Å²) >= 11 is 0. The maximum absolute atomic E-state index is 10.1. The lowest BCUT2D eigenvalue weighted by atomic mass is 9.92. The van der Waals surface area contributed by atoms with Gasteiger partial charge in [-0.05, 0) is 59.0 Å². The molecule has 2 aliphatic heterocycles. The molecule has 0 spiro atoms. The van der Waals surface area contributed by atoms with Gasteiger partial charge < -0.3 is 10.4 Å². The summed E-state index contributed by atoms with van der Waals surface area (Å²) in [6.45, 7) is 7.49. The molecule has 3 heteroatoms. The molecule has 3 atom stereocenters. The molecule has 0 aromatic heterocycles. The van der Waals surface area contributed by atoms with Crippen LogP contribution in [0.3, 0.4) is 0 Å². The van der Waals surface area contributed by atoms with Crippen molar-refractivity contribution in [2.24, 2.45) is 0 Å². The molecule has 0 radical (unpaired) electrons. The van der Waals surface area contributed by atoms with Crippen molar-refractivity contribution >= 4 is 0 Å². The van der Waals surface area contributed by atoms with E-state index in [9.17, 15) is 5.11 Å². The molecule has 2 rings (SSSR count). The SMILES string of the molecule is CC(CC1CCCCN1)N1CCCC(C)(O)C1. The van der Waals surface area contributed by atoms with E-state index in [1.807, 2.05) is 6.92 Å². The van der Waals surface area contributed by atoms with Crippen molar-refractivity contribution in [2.75, 3.05) is 19.6 Å². The van der Waals surface area contributed by atoms with Crippen molar-refractivity contribution in [1.82, 2.24) is 10.2 Å². The molecule has 0 amide bonds. The minimum Gasteiger partial charge on any atom is -0.389 e. The third kappa shape index (κ3) is 3.94. The van der Waals surface area contributed by atoms with Gasteiger partial charge in [0.1, 0.15) is 0 Å². The van der Waals surface area contributed by atoms with Crippen molar-refractivity contribution in [1.29, 1.82) is 0 Å². The summed E-state index contributed by atoms with van der Waals surface area (Å²) < 4.78 is 0. The Hall–Kier alpha value is -0.120. The molecule has 0 bridgehead atoms. The monoisotopic (exact) mass is 240 g/mol. The van der Waals surface area contributed by atoms with Crippen molar-refractivity contribution in [3.05, 3.63) is 0 Å². The van der Waals surface area contributed by atoms with Crippen LogP contribution in [0, 0.1) is 0 Å². The highest BCUT2D eigenvalue weighted by Gasteiger charge is 2.31. The van der Waals surface area contributed by atoms with Gasteiger partial charge in [0.25, 0.3) is 0 Å². The second-order valence-electron chi connectivity index (χ2n) is 6.30. The van der Waals surface area contributed by atoms with Crippen LogP contribution >= 0.6 is 0 Å². The molecule has 2 heterocycles. The summed E-state index contributed by atoms with van der Waals surface area (Å²) in [5.74, 6) is 0. The lowest BCUT2D eigenvalue weighted by Crippen LogP contribution is -2.51. The highest BCUT2D eigenvalue weighted by atomic mass is 16.3. The fourth-order valence-corrected chi connectivity index (χ4v) is 3.32. The average Bonchev–Trinajstić information content (AvgIpc) is 2.29. The molecular formula is C14H28N2O. The zero-order chi connectivity index (χ0) is 12.3. The van der Waals surface area contributed by atoms with Crippen LogP contribution in [-0.4, -0.2) is 47.3 Å². The first-order chi connectivity index (χ1) is 8.07. The third-order valence-electron chi connectivity index (χ3n) is 4.37. The van der Waals surface area contributed by atoms with E-state index in [0.29, 0.717) is 12.1 Å². The van der Waals surface area contributed by atoms with Crippen LogP contribution in [0.25, 0.3) is 0 Å². The van der Waals surface area contributed by atoms with Crippen LogP contribution < -0.4 is 5.32 Å². The Morgan fingerprint density at radius 1 is 1.41 bits per heavy atom. The fraction of sp³-hybridized carbons (Fsp3) is 1.00. The van der Waals surface area contributed by atoms with Gasteiger partial charge in [-0.2, -0.15) is 0 Å². The Kier molecular flexibility index (Phi) is 4.45. The minimum absolute atomic E-state index is 0.466. The second-order valence-corrected chi connectivity index (χ2v) is 6.30. The maximum Gasteiger partial charge on any atom is 0.0746 e. The van der Waals surface area contributed by atoms with Gasteiger partial charge in [-0.3, -0.25) is 4.90 Å². The molecule has 3 nitrogen and oxygen atoms in total. The molecule has 2 aliphatic rings. The van der Waals surface area contributed by atoms with Crippen LogP contribution in [0.4, 0.5) is 0 Å². The third-order valence-corrected chi connectivity index (χ3v) is 4.37. The van der Waals surface area contributed by atoms with Crippen molar-refractivity contribution in [2.45, 2.75) is 70.1 Å². The Balaban J connectivity index is 1.80. The Morgan fingerprint density at radius 2 is 2.24 bits per heavy atom. The van der Waals surface area contributed by atoms with Crippen molar-refractivity contribution in [3.8, 4) is 0 Å². The van der Waals surface area contributed by atoms with Gasteiger partial charge >= 0.3 is 0 Å². The highest BCUT2D eigenvalue weighted by molar-refractivity contribution is 4.87. The van der Waals surface area contributed by atoms with Crippen LogP contribution in [0.2, 0.25) is 0 Å². The molecule has 17 heavy (non-hydrogen) atoms. The number of hydrogen-bond acceptors (Lipinski definition) is 3. The van der Waals surface area contributed by atoms with Gasteiger partial charge in [-0.25, -0.2) is 0 Å². The molecule has 3 unspecified atom stereocenters. The van der Waals surface area contributed by atoms with E-state index in [1.54, 1.807) is 0 Å². The number of aliphatic hydroxyl groups is 1. The van der Waals surface area contributed by atoms with E-state index in [0.717, 1.165) is 25.9 Å². The summed E-state index contributed by atoms with van der Waals surface area (Å²) in [7, 11) is 0. The van der Waals surface area contributed by atoms with E-state index in [-0.39, 0.29) is 0 Å². The minimum atomic E-state index is -0.466. The van der Waals surface area contributed by atoms with Gasteiger partial charge in [0.15, 0.2) is 0 Å². The van der Waals surface area contributed by atoms with E-state index >= 15 is 0 Å². The largest absolute Gasteiger partial charge is 0.389 e. The average molecular weight is 240 g/mol. The van der Waals surface area contributed by atoms with Crippen molar-refractivity contribution < 1.29 is 5.11 Å². The van der Waals surface area contributed by atoms with Crippen LogP contribution in [0.5, 0.6) is 0 Å². The van der Waals surface area contributed by atoms with E-state index < -0.39 is 5.60 Å². The summed E-state index contributed by atoms with van der Waals surface area (Å²) in [5.41, 5.74) is -0.466. The van der Waals surface area contributed by atoms with E-state index in [4.69, 9.17) is 0 Å². The Labute approximate surface area is 106 Å². The van der Waals surface area contributed by atoms with Crippen molar-refractivity contribution in [3.63, 3.8) is 0 Å². The van der Waals surface area contributed by atoms with E-state index in [2.05, 4.69) is 17.1 Å². The summed E-state index contributed by atoms with van der Waals surface area (Å²) in [6, 6.07) is 1.29. The Morgan fingerprint density at radius 3 is 2.88 bits per heavy atom. The normalized spacial score (nSPS) is 37.9. The van der Waals surface area contributed by atoms with E-state index in [1.165, 1.54) is 32.2 Å². The molecule has 0 aromatic carbocycles. The van der Waals surface area contributed by atoms with Crippen LogP contribution in [-0.2, 0) is 0 Å². The zero-order valence-electron chi connectivity index (χ0n) is 11.4. The molecule has 0 aliphatic carbocycles. The van der Waals surface area contributed by atoms with Gasteiger partial charge in [-0.15, -0.1) is 0 Å². The molecule has 100 valence electrons. The zero-order valence-corrected chi connectivity index (χ0v) is 11.4. The smallest absolute Gasteiger partial charge is 0.0746 e. The lowest BCUT2D eigenvalue weighted by molar-refractivity contribution is -0.0300. The fourth-order valence-electron chi connectivity index (χ4n) is 3.32. The predicted octanol–water partition coefficient (Wildman–Crippen LogP) is 1.75. The highest BCUT2D eigenvalue weighted by Crippen LogP contribution is 2.24. The first-order valence-corrected chi connectivity index (χ1v) is 7.27. The number of hydrogen-bond donors (Lipinski definition) is 2. The standard InChI is InChI=1S/C14H28N2O/c1-12(10-13-6-3-4-8-15-13)16-9-5-7-14(2,17)11-16/h12-13,15,17H,3-11H2,1-2H3. The number of nitrogens with one attached hydrogen (secondary N) is 1. The van der Waals surface area contributed by atoms with Crippen LogP contribution in [0.1, 0.15) is 52.4 Å². The molecule has 2 N–H and O–H groups in total. The molecule has 0 aromatic rings. The first kappa shape index (κ1) is 13.3. The second kappa shape index (κ2) is 5.68. The Bertz CT molecular complexity index is 236. The van der Waals surface area contributed by atoms with Gasteiger partial charge in [-0.1, -0.05) is 6.42 Å². The molecule has 2 fully saturated rings. The van der Waals surface area contributed by atoms with Gasteiger partial charge in [0, 0.05) is 18.6 Å². The summed E-state index contributed by atoms with van der Waals surface area (Å²) in [5, 5.41) is 13.8. The lowest BCUT2D eigenvalue weighted by Gasteiger charge is -2.41. The van der Waals surface area contributed by atoms with Gasteiger partial charge in [0.05, 0.1) is 5.60 Å². The number of rotatable bonds is 3. The predicted molar refractivity (Wildman–Crippen MR) is 71.2 cm³/mol. The summed E-state index contributed by atoms with van der Waals surface area (Å²) in [6.07, 6.45) is 7.36. The molecule has 2 saturated heterocycles. The number of β-amino-alcohol motifs (C(OH)–C–C–N with tert-alkyl or cyclic N) is 1. The molecule has 0 saturated carbocycles. The first-order valence-electron chi connectivity index (χ1n) is 7.27. The van der Waals surface area contributed by atoms with Crippen LogP contribution in [0.15, 0.2) is 0 Å². The van der Waals surface area contributed by atoms with Gasteiger partial charge in [0.2, 0.25) is 0 Å². The molecular weight excluding hydrogens is 212 g/mol. The summed E-state index contributed by atoms with van der Waals surface area (Å²) in [4.78, 5) is 2.47.